The van der Waals surface area contributed by atoms with E-state index in [1.807, 2.05) is 68.1 Å². The summed E-state index contributed by atoms with van der Waals surface area (Å²) in [6.45, 7) is 9.10. The van der Waals surface area contributed by atoms with Gasteiger partial charge in [-0.2, -0.15) is 0 Å². The summed E-state index contributed by atoms with van der Waals surface area (Å²) < 4.78 is 22.6. The molecule has 3 aromatic carbocycles. The van der Waals surface area contributed by atoms with Crippen LogP contribution in [0.2, 0.25) is 0 Å². The zero-order valence-corrected chi connectivity index (χ0v) is 36.2. The molecule has 4 aliphatic heterocycles. The summed E-state index contributed by atoms with van der Waals surface area (Å²) in [5, 5.41) is 5.46. The number of imidazole rings is 2. The van der Waals surface area contributed by atoms with Gasteiger partial charge in [-0.05, 0) is 67.9 Å². The van der Waals surface area contributed by atoms with Crippen LogP contribution >= 0.6 is 0 Å². The topological polar surface area (TPSA) is 193 Å². The SMILES string of the molecule is COC(=O)NC(C(=O)N1CC(C)C[C@H]1c1ncc(-c2cc3c4c(c2)OCc2cc(-c5cnc([C@@H]6CC[C@H](C)N6C(=O)C(NC(=O)OC)C(C)C)[nH]5)cc(c2-4)OC3)[nH]1)c1ccccc1. The van der Waals surface area contributed by atoms with Crippen molar-refractivity contribution in [3.63, 3.8) is 0 Å². The molecule has 6 atom stereocenters. The summed E-state index contributed by atoms with van der Waals surface area (Å²) in [5.74, 6) is 2.52. The minimum Gasteiger partial charge on any atom is -0.488 e. The lowest BCUT2D eigenvalue weighted by Crippen LogP contribution is -2.52. The molecule has 0 radical (unpaired) electrons. The van der Waals surface area contributed by atoms with Crippen molar-refractivity contribution >= 4 is 24.0 Å². The number of carbonyl (C=O) groups is 4. The van der Waals surface area contributed by atoms with Crippen molar-refractivity contribution in [3.05, 3.63) is 95.3 Å². The maximum Gasteiger partial charge on any atom is 0.407 e. The molecule has 4 amide bonds. The van der Waals surface area contributed by atoms with Crippen LogP contribution < -0.4 is 20.1 Å². The summed E-state index contributed by atoms with van der Waals surface area (Å²) in [7, 11) is 2.57. The third-order valence-corrected chi connectivity index (χ3v) is 12.8. The number of carbonyl (C=O) groups excluding carboxylic acids is 4. The van der Waals surface area contributed by atoms with Gasteiger partial charge in [0, 0.05) is 46.0 Å². The number of nitrogens with one attached hydrogen (secondary N) is 4. The minimum atomic E-state index is -0.918. The molecule has 16 nitrogen and oxygen atoms in total. The maximum absolute atomic E-state index is 14.2. The zero-order valence-electron chi connectivity index (χ0n) is 36.2. The van der Waals surface area contributed by atoms with Gasteiger partial charge in [-0.1, -0.05) is 51.1 Å². The van der Waals surface area contributed by atoms with E-state index in [-0.39, 0.29) is 41.8 Å². The van der Waals surface area contributed by atoms with Gasteiger partial charge in [0.1, 0.15) is 48.4 Å². The molecule has 2 aromatic heterocycles. The van der Waals surface area contributed by atoms with E-state index in [9.17, 15) is 19.2 Å². The van der Waals surface area contributed by atoms with Crippen molar-refractivity contribution in [2.24, 2.45) is 11.8 Å². The first-order valence-electron chi connectivity index (χ1n) is 21.5. The van der Waals surface area contributed by atoms with E-state index in [0.717, 1.165) is 69.1 Å². The highest BCUT2D eigenvalue weighted by molar-refractivity contribution is 5.90. The Balaban J connectivity index is 0.954. The Morgan fingerprint density at radius 2 is 1.33 bits per heavy atom. The van der Waals surface area contributed by atoms with Crippen molar-refractivity contribution in [2.75, 3.05) is 20.8 Å². The van der Waals surface area contributed by atoms with E-state index in [1.165, 1.54) is 14.2 Å². The van der Waals surface area contributed by atoms with Crippen molar-refractivity contribution in [1.82, 2.24) is 40.4 Å². The van der Waals surface area contributed by atoms with Crippen LogP contribution in [-0.2, 0) is 32.3 Å². The van der Waals surface area contributed by atoms with Gasteiger partial charge >= 0.3 is 12.2 Å². The molecule has 16 heteroatoms. The van der Waals surface area contributed by atoms with E-state index in [0.29, 0.717) is 43.4 Å². The second-order valence-corrected chi connectivity index (χ2v) is 17.3. The molecule has 5 aromatic rings. The maximum atomic E-state index is 14.2. The molecule has 328 valence electrons. The van der Waals surface area contributed by atoms with Crippen LogP contribution in [-0.4, -0.2) is 86.6 Å². The number of benzene rings is 3. The fourth-order valence-corrected chi connectivity index (χ4v) is 9.60. The van der Waals surface area contributed by atoms with Gasteiger partial charge in [-0.15, -0.1) is 0 Å². The third-order valence-electron chi connectivity index (χ3n) is 12.8. The normalized spacial score (nSPS) is 20.6. The van der Waals surface area contributed by atoms with E-state index in [2.05, 4.69) is 39.7 Å². The molecule has 0 aliphatic carbocycles. The van der Waals surface area contributed by atoms with Crippen molar-refractivity contribution in [3.8, 4) is 45.1 Å². The van der Waals surface area contributed by atoms with Gasteiger partial charge in [0.05, 0.1) is 50.1 Å². The molecular weight excluding hydrogens is 805 g/mol. The average molecular weight is 857 g/mol. The standard InChI is InChI=1S/C47H52N8O8/c1-24(2)40(52-46(58)60-5)45(57)55-26(4)12-13-34(55)42-48-19-32(50-42)28-15-30-22-63-37-18-29(16-31-23-62-36(17-28)38(30)39(31)37)33-20-49-43(51-33)35-14-25(3)21-54(35)44(56)41(53-47(59)61-6)27-10-8-7-9-11-27/h7-11,15-20,24-26,34-35,40-41H,12-14,21-23H2,1-6H3,(H,48,50)(H,49,51)(H,52,58)(H,53,59)/t25?,26-,34-,35-,40?,41?/m0/s1. The average Bonchev–Trinajstić information content (AvgIpc) is 4.13. The molecule has 4 aliphatic rings. The van der Waals surface area contributed by atoms with Crippen molar-refractivity contribution in [2.45, 2.75) is 90.4 Å². The van der Waals surface area contributed by atoms with Crippen LogP contribution in [0.5, 0.6) is 11.5 Å². The lowest BCUT2D eigenvalue weighted by molar-refractivity contribution is -0.137. The summed E-state index contributed by atoms with van der Waals surface area (Å²) in [4.78, 5) is 72.8. The molecule has 3 unspecified atom stereocenters. The van der Waals surface area contributed by atoms with Crippen LogP contribution in [0.4, 0.5) is 9.59 Å². The Kier molecular flexibility index (Phi) is 11.1. The fraction of sp³-hybridized carbons (Fsp3) is 0.404. The van der Waals surface area contributed by atoms with E-state index in [1.54, 1.807) is 17.3 Å². The van der Waals surface area contributed by atoms with Crippen LogP contribution in [0.25, 0.3) is 33.6 Å². The number of methoxy groups -OCH3 is 2. The molecule has 0 bridgehead atoms. The van der Waals surface area contributed by atoms with Gasteiger partial charge in [0.2, 0.25) is 5.91 Å². The quantitative estimate of drug-likeness (QED) is 0.110. The van der Waals surface area contributed by atoms with Crippen LogP contribution in [0.1, 0.15) is 93.4 Å². The second kappa shape index (κ2) is 16.8. The molecule has 2 saturated heterocycles. The number of nitrogens with zero attached hydrogens (tertiary/aromatic N) is 4. The Morgan fingerprint density at radius 1 is 0.762 bits per heavy atom. The highest BCUT2D eigenvalue weighted by Crippen LogP contribution is 2.51. The van der Waals surface area contributed by atoms with E-state index < -0.39 is 24.3 Å². The molecule has 2 fully saturated rings. The monoisotopic (exact) mass is 856 g/mol. The zero-order chi connectivity index (χ0) is 44.1. The number of amides is 4. The Bertz CT molecular complexity index is 2520. The van der Waals surface area contributed by atoms with E-state index in [4.69, 9.17) is 28.9 Å². The number of aromatic nitrogens is 4. The van der Waals surface area contributed by atoms with E-state index >= 15 is 0 Å². The lowest BCUT2D eigenvalue weighted by atomic mass is 9.87. The number of alkyl carbamates (subject to hydrolysis) is 2. The first-order chi connectivity index (χ1) is 30.4. The number of H-pyrrole nitrogens is 2. The predicted molar refractivity (Wildman–Crippen MR) is 231 cm³/mol. The van der Waals surface area contributed by atoms with Crippen LogP contribution in [0.15, 0.2) is 67.0 Å². The Labute approximate surface area is 365 Å². The number of rotatable bonds is 10. The molecule has 9 rings (SSSR count). The fourth-order valence-electron chi connectivity index (χ4n) is 9.60. The summed E-state index contributed by atoms with van der Waals surface area (Å²) in [6, 6.07) is 15.1. The van der Waals surface area contributed by atoms with Crippen molar-refractivity contribution < 1.29 is 38.1 Å². The Morgan fingerprint density at radius 3 is 1.90 bits per heavy atom. The van der Waals surface area contributed by atoms with Gasteiger partial charge in [0.15, 0.2) is 0 Å². The summed E-state index contributed by atoms with van der Waals surface area (Å²) >= 11 is 0. The van der Waals surface area contributed by atoms with Gasteiger partial charge < -0.3 is 49.3 Å². The second-order valence-electron chi connectivity index (χ2n) is 17.3. The Hall–Kier alpha value is -6.84. The van der Waals surface area contributed by atoms with Gasteiger partial charge in [-0.3, -0.25) is 9.59 Å². The number of ether oxygens (including phenoxy) is 4. The summed E-state index contributed by atoms with van der Waals surface area (Å²) in [6.07, 6.45) is 4.51. The minimum absolute atomic E-state index is 0.0331. The molecular formula is C47H52N8O8. The number of likely N-dealkylation sites (tertiary alicyclic amines) is 2. The van der Waals surface area contributed by atoms with Gasteiger partial charge in [-0.25, -0.2) is 19.6 Å². The number of aromatic amines is 2. The molecule has 0 saturated carbocycles. The predicted octanol–water partition coefficient (Wildman–Crippen LogP) is 7.36. The first-order valence-corrected chi connectivity index (χ1v) is 21.5. The largest absolute Gasteiger partial charge is 0.488 e. The molecule has 63 heavy (non-hydrogen) atoms. The smallest absolute Gasteiger partial charge is 0.407 e. The molecule has 0 spiro atoms. The van der Waals surface area contributed by atoms with Gasteiger partial charge in [0.25, 0.3) is 5.91 Å². The molecule has 6 heterocycles. The summed E-state index contributed by atoms with van der Waals surface area (Å²) in [5.41, 5.74) is 7.98. The molecule has 4 N–H and O–H groups in total. The number of hydrogen-bond acceptors (Lipinski definition) is 10. The van der Waals surface area contributed by atoms with Crippen LogP contribution in [0.3, 0.4) is 0 Å². The number of hydrogen-bond donors (Lipinski definition) is 4. The highest BCUT2D eigenvalue weighted by atomic mass is 16.5. The van der Waals surface area contributed by atoms with Crippen molar-refractivity contribution in [1.29, 1.82) is 0 Å². The first kappa shape index (κ1) is 41.5. The van der Waals surface area contributed by atoms with Crippen LogP contribution in [0, 0.1) is 11.8 Å². The lowest BCUT2D eigenvalue weighted by Gasteiger charge is -2.33. The third kappa shape index (κ3) is 7.71. The highest BCUT2D eigenvalue weighted by Gasteiger charge is 2.42.